The van der Waals surface area contributed by atoms with Gasteiger partial charge in [-0.15, -0.1) is 13.2 Å². The smallest absolute Gasteiger partial charge is 0.0723 e. The molecule has 172 valence electrons. The average molecular weight is 469 g/mol. The second kappa shape index (κ2) is 8.36. The van der Waals surface area contributed by atoms with Gasteiger partial charge in [-0.1, -0.05) is 121 Å². The summed E-state index contributed by atoms with van der Waals surface area (Å²) in [6.07, 6.45) is 11.0. The average Bonchev–Trinajstić information content (AvgIpc) is 3.44. The van der Waals surface area contributed by atoms with Crippen molar-refractivity contribution in [2.45, 2.75) is 37.0 Å². The van der Waals surface area contributed by atoms with Gasteiger partial charge in [0.05, 0.1) is 8.07 Å². The molecule has 0 radical (unpaired) electrons. The second-order valence-electron chi connectivity index (χ2n) is 10.7. The van der Waals surface area contributed by atoms with Gasteiger partial charge in [0.1, 0.15) is 0 Å². The molecule has 6 rings (SSSR count). The Labute approximate surface area is 210 Å². The summed E-state index contributed by atoms with van der Waals surface area (Å²) in [5.41, 5.74) is 9.86. The molecule has 0 aromatic heterocycles. The standard InChI is InChI=1S/C34H32Si/c1-5-11-27-21-25-19-17-23-13-7-9-15-29(23)31(25)33(27)35(3,4)34-28(12-6-2)22-26-20-18-24-14-8-10-16-30(24)32(26)34/h5-10,13-22,33-34H,1-2,11-12H2,3-4H3. The third-order valence-electron chi connectivity index (χ3n) is 8.26. The summed E-state index contributed by atoms with van der Waals surface area (Å²) in [5, 5.41) is 5.51. The van der Waals surface area contributed by atoms with Crippen molar-refractivity contribution in [2.75, 3.05) is 0 Å². The van der Waals surface area contributed by atoms with E-state index in [0.717, 1.165) is 12.8 Å². The molecule has 0 aliphatic heterocycles. The van der Waals surface area contributed by atoms with E-state index in [2.05, 4.69) is 123 Å². The van der Waals surface area contributed by atoms with Crippen LogP contribution >= 0.6 is 0 Å². The summed E-state index contributed by atoms with van der Waals surface area (Å²) in [5.74, 6) is 0. The lowest BCUT2D eigenvalue weighted by Gasteiger charge is -2.40. The van der Waals surface area contributed by atoms with Crippen LogP contribution in [0.2, 0.25) is 13.1 Å². The first-order chi connectivity index (χ1) is 17.0. The van der Waals surface area contributed by atoms with Crippen LogP contribution in [-0.4, -0.2) is 8.07 Å². The van der Waals surface area contributed by atoms with E-state index in [0.29, 0.717) is 11.1 Å². The lowest BCUT2D eigenvalue weighted by atomic mass is 9.98. The molecule has 0 spiro atoms. The quantitative estimate of drug-likeness (QED) is 0.195. The molecular weight excluding hydrogens is 436 g/mol. The van der Waals surface area contributed by atoms with Crippen LogP contribution < -0.4 is 0 Å². The Morgan fingerprint density at radius 2 is 1.06 bits per heavy atom. The Morgan fingerprint density at radius 1 is 0.629 bits per heavy atom. The molecule has 0 fully saturated rings. The number of hydrogen-bond donors (Lipinski definition) is 0. The van der Waals surface area contributed by atoms with E-state index in [1.54, 1.807) is 11.1 Å². The van der Waals surface area contributed by atoms with E-state index in [1.165, 1.54) is 43.8 Å². The summed E-state index contributed by atoms with van der Waals surface area (Å²) in [7, 11) is -2.01. The highest BCUT2D eigenvalue weighted by molar-refractivity contribution is 6.82. The molecule has 0 N–H and O–H groups in total. The van der Waals surface area contributed by atoms with E-state index >= 15 is 0 Å². The zero-order valence-corrected chi connectivity index (χ0v) is 21.7. The van der Waals surface area contributed by atoms with Crippen molar-refractivity contribution in [2.24, 2.45) is 0 Å². The minimum Gasteiger partial charge on any atom is -0.103 e. The molecule has 0 bridgehead atoms. The molecule has 0 saturated heterocycles. The first-order valence-electron chi connectivity index (χ1n) is 12.7. The molecule has 4 aromatic carbocycles. The van der Waals surface area contributed by atoms with Crippen LogP contribution in [0.15, 0.2) is 109 Å². The Morgan fingerprint density at radius 3 is 1.49 bits per heavy atom. The SMILES string of the molecule is C=CCC1=Cc2ccc3ccccc3c2C1[Si](C)(C)C1C(CC=C)=Cc2ccc3ccccc3c21. The van der Waals surface area contributed by atoms with Crippen LogP contribution in [0, 0.1) is 0 Å². The molecule has 35 heavy (non-hydrogen) atoms. The van der Waals surface area contributed by atoms with E-state index in [9.17, 15) is 0 Å². The fourth-order valence-electron chi connectivity index (χ4n) is 7.01. The van der Waals surface area contributed by atoms with E-state index in [1.807, 2.05) is 0 Å². The molecule has 0 heterocycles. The number of allylic oxidation sites excluding steroid dienone is 4. The summed E-state index contributed by atoms with van der Waals surface area (Å²) in [6.45, 7) is 13.5. The first kappa shape index (κ1) is 22.1. The summed E-state index contributed by atoms with van der Waals surface area (Å²) in [6, 6.07) is 27.1. The summed E-state index contributed by atoms with van der Waals surface area (Å²) in [4.78, 5) is 0. The topological polar surface area (TPSA) is 0 Å². The zero-order chi connectivity index (χ0) is 24.2. The van der Waals surface area contributed by atoms with Gasteiger partial charge in [0.25, 0.3) is 0 Å². The second-order valence-corrected chi connectivity index (χ2v) is 15.5. The van der Waals surface area contributed by atoms with Crippen molar-refractivity contribution in [3.05, 3.63) is 132 Å². The number of fused-ring (bicyclic) bond motifs is 6. The molecule has 2 atom stereocenters. The monoisotopic (exact) mass is 468 g/mol. The van der Waals surface area contributed by atoms with Gasteiger partial charge < -0.3 is 0 Å². The lowest BCUT2D eigenvalue weighted by molar-refractivity contribution is 0.939. The van der Waals surface area contributed by atoms with E-state index < -0.39 is 8.07 Å². The molecule has 4 aromatic rings. The summed E-state index contributed by atoms with van der Waals surface area (Å²) >= 11 is 0. The number of benzene rings is 4. The molecule has 1 heteroatoms. The van der Waals surface area contributed by atoms with Crippen molar-refractivity contribution in [1.82, 2.24) is 0 Å². The molecule has 2 aliphatic carbocycles. The van der Waals surface area contributed by atoms with Crippen LogP contribution in [0.1, 0.15) is 46.2 Å². The Kier molecular flexibility index (Phi) is 5.27. The van der Waals surface area contributed by atoms with Gasteiger partial charge in [-0.05, 0) is 56.6 Å². The highest BCUT2D eigenvalue weighted by Crippen LogP contribution is 2.56. The van der Waals surface area contributed by atoms with Crippen molar-refractivity contribution < 1.29 is 0 Å². The van der Waals surface area contributed by atoms with Crippen LogP contribution in [0.4, 0.5) is 0 Å². The molecule has 0 saturated carbocycles. The third kappa shape index (κ3) is 3.33. The van der Waals surface area contributed by atoms with Gasteiger partial charge >= 0.3 is 0 Å². The van der Waals surface area contributed by atoms with Gasteiger partial charge in [0.2, 0.25) is 0 Å². The molecular formula is C34H32Si. The Balaban J connectivity index is 1.61. The van der Waals surface area contributed by atoms with Crippen LogP contribution in [0.5, 0.6) is 0 Å². The number of rotatable bonds is 6. The van der Waals surface area contributed by atoms with Crippen LogP contribution in [-0.2, 0) is 0 Å². The van der Waals surface area contributed by atoms with Gasteiger partial charge in [0, 0.05) is 11.1 Å². The maximum atomic E-state index is 4.13. The van der Waals surface area contributed by atoms with Crippen molar-refractivity contribution >= 4 is 41.8 Å². The largest absolute Gasteiger partial charge is 0.103 e. The van der Waals surface area contributed by atoms with Gasteiger partial charge in [0.15, 0.2) is 0 Å². The predicted molar refractivity (Wildman–Crippen MR) is 156 cm³/mol. The van der Waals surface area contributed by atoms with Gasteiger partial charge in [-0.2, -0.15) is 0 Å². The van der Waals surface area contributed by atoms with Gasteiger partial charge in [-0.25, -0.2) is 0 Å². The minimum atomic E-state index is -2.01. The number of hydrogen-bond acceptors (Lipinski definition) is 0. The normalized spacial score (nSPS) is 18.8. The maximum absolute atomic E-state index is 4.13. The van der Waals surface area contributed by atoms with Crippen molar-refractivity contribution in [3.8, 4) is 0 Å². The predicted octanol–water partition coefficient (Wildman–Crippen LogP) is 9.59. The molecule has 2 aliphatic rings. The maximum Gasteiger partial charge on any atom is 0.0723 e. The summed E-state index contributed by atoms with van der Waals surface area (Å²) < 4.78 is 0. The van der Waals surface area contributed by atoms with E-state index in [-0.39, 0.29) is 0 Å². The third-order valence-corrected chi connectivity index (χ3v) is 12.6. The van der Waals surface area contributed by atoms with Crippen molar-refractivity contribution in [1.29, 1.82) is 0 Å². The van der Waals surface area contributed by atoms with Crippen molar-refractivity contribution in [3.63, 3.8) is 0 Å². The minimum absolute atomic E-state index is 0.449. The molecule has 2 unspecified atom stereocenters. The van der Waals surface area contributed by atoms with Crippen LogP contribution in [0.3, 0.4) is 0 Å². The van der Waals surface area contributed by atoms with Gasteiger partial charge in [-0.3, -0.25) is 0 Å². The fraction of sp³-hybridized carbons (Fsp3) is 0.176. The Bertz CT molecular complexity index is 1450. The lowest BCUT2D eigenvalue weighted by Crippen LogP contribution is -2.43. The first-order valence-corrected chi connectivity index (χ1v) is 15.9. The highest BCUT2D eigenvalue weighted by Gasteiger charge is 2.48. The fourth-order valence-corrected chi connectivity index (χ4v) is 11.8. The highest BCUT2D eigenvalue weighted by atomic mass is 28.3. The molecule has 0 amide bonds. The Hall–Kier alpha value is -3.42. The van der Waals surface area contributed by atoms with Crippen LogP contribution in [0.25, 0.3) is 33.7 Å². The molecule has 0 nitrogen and oxygen atoms in total. The van der Waals surface area contributed by atoms with E-state index in [4.69, 9.17) is 0 Å². The zero-order valence-electron chi connectivity index (χ0n) is 20.7.